The molecule has 0 aromatic carbocycles. The van der Waals surface area contributed by atoms with Crippen LogP contribution in [0.5, 0.6) is 0 Å². The third-order valence-corrected chi connectivity index (χ3v) is 3.08. The quantitative estimate of drug-likeness (QED) is 0.894. The molecule has 1 unspecified atom stereocenters. The summed E-state index contributed by atoms with van der Waals surface area (Å²) in [5.41, 5.74) is -0.0506. The maximum absolute atomic E-state index is 10.2. The lowest BCUT2D eigenvalue weighted by Crippen LogP contribution is -2.26. The number of ether oxygens (including phenoxy) is 1. The van der Waals surface area contributed by atoms with E-state index < -0.39 is 5.60 Å². The first-order valence-electron chi connectivity index (χ1n) is 4.96. The van der Waals surface area contributed by atoms with Crippen molar-refractivity contribution in [1.82, 2.24) is 9.78 Å². The summed E-state index contributed by atoms with van der Waals surface area (Å²) in [5.74, 6) is 0. The van der Waals surface area contributed by atoms with Gasteiger partial charge in [0.15, 0.2) is 0 Å². The van der Waals surface area contributed by atoms with Crippen LogP contribution in [0, 0.1) is 0 Å². The Hall–Kier alpha value is -0.390. The zero-order valence-corrected chi connectivity index (χ0v) is 10.9. The fourth-order valence-corrected chi connectivity index (χ4v) is 2.14. The van der Waals surface area contributed by atoms with Crippen LogP contribution in [-0.2, 0) is 16.9 Å². The van der Waals surface area contributed by atoms with Gasteiger partial charge in [0.2, 0.25) is 0 Å². The zero-order valence-electron chi connectivity index (χ0n) is 9.33. The molecule has 15 heavy (non-hydrogen) atoms. The average Bonchev–Trinajstić information content (AvgIpc) is 2.57. The van der Waals surface area contributed by atoms with Crippen molar-refractivity contribution in [2.24, 2.45) is 0 Å². The molecule has 0 bridgehead atoms. The Morgan fingerprint density at radius 1 is 1.67 bits per heavy atom. The lowest BCUT2D eigenvalue weighted by atomic mass is 9.99. The fraction of sp³-hybridized carbons (Fsp3) is 0.700. The first-order chi connectivity index (χ1) is 7.03. The molecule has 0 radical (unpaired) electrons. The molecule has 0 amide bonds. The number of halogens is 1. The molecular weight excluding hydrogens is 260 g/mol. The number of nitrogens with zero attached hydrogens (tertiary/aromatic N) is 2. The van der Waals surface area contributed by atoms with Crippen LogP contribution in [0.2, 0.25) is 0 Å². The monoisotopic (exact) mass is 276 g/mol. The normalized spacial score (nSPS) is 15.3. The number of aliphatic hydroxyl groups is 1. The van der Waals surface area contributed by atoms with Crippen LogP contribution in [-0.4, -0.2) is 28.6 Å². The number of aromatic nitrogens is 2. The summed E-state index contributed by atoms with van der Waals surface area (Å²) in [6.07, 6.45) is 2.35. The van der Waals surface area contributed by atoms with Gasteiger partial charge in [0.05, 0.1) is 29.5 Å². The van der Waals surface area contributed by atoms with E-state index in [-0.39, 0.29) is 0 Å². The third kappa shape index (κ3) is 2.80. The Bertz CT molecular complexity index is 323. The highest BCUT2D eigenvalue weighted by atomic mass is 79.9. The molecule has 0 aliphatic rings. The predicted octanol–water partition coefficient (Wildman–Crippen LogP) is 1.91. The molecule has 0 spiro atoms. The molecule has 0 saturated heterocycles. The number of rotatable bonds is 5. The Balaban J connectivity index is 2.98. The molecule has 5 heteroatoms. The number of hydrogen-bond donors (Lipinski definition) is 1. The fourth-order valence-electron chi connectivity index (χ4n) is 1.41. The molecule has 1 N–H and O–H groups in total. The van der Waals surface area contributed by atoms with Gasteiger partial charge >= 0.3 is 0 Å². The van der Waals surface area contributed by atoms with Crippen molar-refractivity contribution in [1.29, 1.82) is 0 Å². The van der Waals surface area contributed by atoms with Gasteiger partial charge < -0.3 is 9.84 Å². The molecule has 1 heterocycles. The summed E-state index contributed by atoms with van der Waals surface area (Å²) in [6, 6.07) is 0. The van der Waals surface area contributed by atoms with Crippen LogP contribution in [0.4, 0.5) is 0 Å². The second-order valence-electron chi connectivity index (χ2n) is 3.68. The van der Waals surface area contributed by atoms with E-state index in [1.54, 1.807) is 24.9 Å². The Labute approximate surface area is 98.4 Å². The molecular formula is C10H17BrN2O2. The highest BCUT2D eigenvalue weighted by molar-refractivity contribution is 9.10. The molecule has 1 aromatic rings. The highest BCUT2D eigenvalue weighted by Crippen LogP contribution is 2.30. The van der Waals surface area contributed by atoms with Gasteiger partial charge in [-0.05, 0) is 29.3 Å². The van der Waals surface area contributed by atoms with E-state index in [1.807, 2.05) is 6.92 Å². The second kappa shape index (κ2) is 5.09. The molecule has 1 rings (SSSR count). The highest BCUT2D eigenvalue weighted by Gasteiger charge is 2.27. The number of hydrogen-bond acceptors (Lipinski definition) is 3. The van der Waals surface area contributed by atoms with Gasteiger partial charge in [0.25, 0.3) is 0 Å². The van der Waals surface area contributed by atoms with Crippen molar-refractivity contribution in [2.75, 3.05) is 13.7 Å². The Morgan fingerprint density at radius 2 is 2.33 bits per heavy atom. The summed E-state index contributed by atoms with van der Waals surface area (Å²) in [7, 11) is 1.65. The van der Waals surface area contributed by atoms with E-state index in [0.717, 1.165) is 10.2 Å². The van der Waals surface area contributed by atoms with Crippen LogP contribution in [0.3, 0.4) is 0 Å². The van der Waals surface area contributed by atoms with E-state index >= 15 is 0 Å². The van der Waals surface area contributed by atoms with Gasteiger partial charge in [0, 0.05) is 7.11 Å². The maximum atomic E-state index is 10.2. The lowest BCUT2D eigenvalue weighted by Gasteiger charge is -2.23. The van der Waals surface area contributed by atoms with Crippen molar-refractivity contribution in [3.05, 3.63) is 16.4 Å². The van der Waals surface area contributed by atoms with E-state index in [0.29, 0.717) is 19.6 Å². The van der Waals surface area contributed by atoms with E-state index in [9.17, 15) is 5.11 Å². The lowest BCUT2D eigenvalue weighted by molar-refractivity contribution is 0.0410. The zero-order chi connectivity index (χ0) is 11.5. The van der Waals surface area contributed by atoms with Crippen molar-refractivity contribution < 1.29 is 9.84 Å². The molecule has 1 atom stereocenters. The molecule has 1 aromatic heterocycles. The molecule has 0 saturated carbocycles. The second-order valence-corrected chi connectivity index (χ2v) is 4.54. The smallest absolute Gasteiger partial charge is 0.104 e. The summed E-state index contributed by atoms with van der Waals surface area (Å²) in [4.78, 5) is 0. The minimum absolute atomic E-state index is 0.584. The van der Waals surface area contributed by atoms with Gasteiger partial charge in [-0.2, -0.15) is 5.10 Å². The first kappa shape index (κ1) is 12.7. The van der Waals surface area contributed by atoms with Gasteiger partial charge in [-0.15, -0.1) is 0 Å². The number of methoxy groups -OCH3 is 1. The van der Waals surface area contributed by atoms with Crippen LogP contribution < -0.4 is 0 Å². The Kier molecular flexibility index (Phi) is 4.31. The van der Waals surface area contributed by atoms with Crippen LogP contribution >= 0.6 is 15.9 Å². The minimum atomic E-state index is -0.858. The summed E-state index contributed by atoms with van der Waals surface area (Å²) >= 11 is 3.40. The van der Waals surface area contributed by atoms with Crippen molar-refractivity contribution in [2.45, 2.75) is 32.4 Å². The van der Waals surface area contributed by atoms with Gasteiger partial charge in [-0.25, -0.2) is 0 Å². The predicted molar refractivity (Wildman–Crippen MR) is 61.7 cm³/mol. The minimum Gasteiger partial charge on any atom is -0.384 e. The standard InChI is InChI=1S/C10H17BrN2O2/c1-4-10(2,14)9-8(11)7-12-13(9)5-6-15-3/h7,14H,4-6H2,1-3H3. The van der Waals surface area contributed by atoms with Crippen LogP contribution in [0.25, 0.3) is 0 Å². The van der Waals surface area contributed by atoms with Crippen molar-refractivity contribution >= 4 is 15.9 Å². The average molecular weight is 277 g/mol. The van der Waals surface area contributed by atoms with Crippen molar-refractivity contribution in [3.63, 3.8) is 0 Å². The van der Waals surface area contributed by atoms with Crippen LogP contribution in [0.15, 0.2) is 10.7 Å². The van der Waals surface area contributed by atoms with Gasteiger partial charge in [-0.1, -0.05) is 6.92 Å². The molecule has 0 fully saturated rings. The molecule has 4 nitrogen and oxygen atoms in total. The van der Waals surface area contributed by atoms with Gasteiger partial charge in [-0.3, -0.25) is 4.68 Å². The SMILES string of the molecule is CCC(C)(O)c1c(Br)cnn1CCOC. The first-order valence-corrected chi connectivity index (χ1v) is 5.75. The topological polar surface area (TPSA) is 47.3 Å². The third-order valence-electron chi connectivity index (χ3n) is 2.50. The van der Waals surface area contributed by atoms with Gasteiger partial charge in [0.1, 0.15) is 5.60 Å². The largest absolute Gasteiger partial charge is 0.384 e. The molecule has 86 valence electrons. The Morgan fingerprint density at radius 3 is 2.87 bits per heavy atom. The maximum Gasteiger partial charge on any atom is 0.104 e. The summed E-state index contributed by atoms with van der Waals surface area (Å²) in [5, 5.41) is 14.4. The molecule has 0 aliphatic heterocycles. The van der Waals surface area contributed by atoms with Crippen LogP contribution in [0.1, 0.15) is 26.0 Å². The summed E-state index contributed by atoms with van der Waals surface area (Å²) < 4.78 is 7.61. The summed E-state index contributed by atoms with van der Waals surface area (Å²) in [6.45, 7) is 4.96. The van der Waals surface area contributed by atoms with E-state index in [2.05, 4.69) is 21.0 Å². The van der Waals surface area contributed by atoms with E-state index in [1.165, 1.54) is 0 Å². The molecule has 0 aliphatic carbocycles. The van der Waals surface area contributed by atoms with E-state index in [4.69, 9.17) is 4.74 Å². The van der Waals surface area contributed by atoms with Crippen molar-refractivity contribution in [3.8, 4) is 0 Å².